The number of alkyl halides is 3. The van der Waals surface area contributed by atoms with Crippen molar-refractivity contribution in [2.75, 3.05) is 32.8 Å². The minimum atomic E-state index is -5.08. The summed E-state index contributed by atoms with van der Waals surface area (Å²) in [6, 6.07) is 10.2. The van der Waals surface area contributed by atoms with Crippen molar-refractivity contribution in [2.45, 2.75) is 30.8 Å². The molecule has 0 unspecified atom stereocenters. The van der Waals surface area contributed by atoms with Crippen LogP contribution < -0.4 is 4.74 Å². The van der Waals surface area contributed by atoms with E-state index in [1.54, 1.807) is 53.1 Å². The van der Waals surface area contributed by atoms with Gasteiger partial charge in [0.25, 0.3) is 5.91 Å². The molecule has 0 aliphatic carbocycles. The second-order valence-electron chi connectivity index (χ2n) is 8.50. The van der Waals surface area contributed by atoms with E-state index in [-0.39, 0.29) is 16.2 Å². The molecule has 2 aliphatic rings. The molecule has 0 saturated carbocycles. The number of rotatable bonds is 2. The Morgan fingerprint density at radius 2 is 1.69 bits per heavy atom. The van der Waals surface area contributed by atoms with Crippen LogP contribution in [0.3, 0.4) is 0 Å². The minimum Gasteiger partial charge on any atom is -0.492 e. The van der Waals surface area contributed by atoms with E-state index >= 15 is 0 Å². The lowest BCUT2D eigenvalue weighted by Gasteiger charge is -2.44. The van der Waals surface area contributed by atoms with E-state index in [0.717, 1.165) is 0 Å². The van der Waals surface area contributed by atoms with Crippen molar-refractivity contribution in [3.05, 3.63) is 54.4 Å². The van der Waals surface area contributed by atoms with Gasteiger partial charge in [0.1, 0.15) is 10.6 Å². The lowest BCUT2D eigenvalue weighted by atomic mass is 9.78. The lowest BCUT2D eigenvalue weighted by molar-refractivity contribution is -0.192. The molecule has 1 aromatic carbocycles. The van der Waals surface area contributed by atoms with Crippen molar-refractivity contribution in [3.63, 3.8) is 0 Å². The molecule has 1 spiro atoms. The summed E-state index contributed by atoms with van der Waals surface area (Å²) in [5, 5.41) is 7.12. The number of aromatic nitrogens is 1. The molecule has 1 N–H and O–H groups in total. The number of aliphatic carboxylic acids is 1. The van der Waals surface area contributed by atoms with Crippen LogP contribution in [0.5, 0.6) is 5.75 Å². The second-order valence-corrected chi connectivity index (χ2v) is 10.4. The first kappa shape index (κ1) is 27.4. The molecule has 3 heterocycles. The van der Waals surface area contributed by atoms with Crippen molar-refractivity contribution in [1.82, 2.24) is 14.2 Å². The van der Waals surface area contributed by atoms with Crippen molar-refractivity contribution in [2.24, 2.45) is 5.41 Å². The predicted molar refractivity (Wildman–Crippen MR) is 122 cm³/mol. The summed E-state index contributed by atoms with van der Waals surface area (Å²) in [6.07, 6.45) is -0.471. The molecular weight excluding hydrogens is 503 g/mol. The molecule has 0 bridgehead atoms. The van der Waals surface area contributed by atoms with Crippen molar-refractivity contribution in [1.29, 1.82) is 0 Å². The first-order valence-electron chi connectivity index (χ1n) is 11.1. The maximum atomic E-state index is 13.2. The third-order valence-electron chi connectivity index (χ3n) is 6.15. The number of likely N-dealkylation sites (tertiary alicyclic amines) is 1. The topological polar surface area (TPSA) is 117 Å². The molecule has 1 fully saturated rings. The van der Waals surface area contributed by atoms with Gasteiger partial charge in [-0.2, -0.15) is 17.5 Å². The van der Waals surface area contributed by atoms with Crippen molar-refractivity contribution < 1.29 is 41.0 Å². The highest BCUT2D eigenvalue weighted by Gasteiger charge is 2.43. The summed E-state index contributed by atoms with van der Waals surface area (Å²) in [7, 11) is -3.62. The standard InChI is InChI=1S/C21H25N3O4S.C2HF3O2/c1-2-24-15-21(16-28-18-5-3-4-6-19(18)29(24,26)27)9-13-23(14-10-21)20(25)17-7-11-22-12-8-17;3-2(4,5)1(6)7/h3-8,11-12H,2,9-10,13-16H2,1H3;(H,6,7). The number of piperidine rings is 1. The van der Waals surface area contributed by atoms with E-state index in [4.69, 9.17) is 14.6 Å². The SMILES string of the molecule is CCN1CC2(CCN(C(=O)c3ccncc3)CC2)COc2ccccc2S1(=O)=O.O=C(O)C(F)(F)F. The Balaban J connectivity index is 0.000000454. The monoisotopic (exact) mass is 529 g/mol. The maximum absolute atomic E-state index is 13.2. The van der Waals surface area contributed by atoms with E-state index in [2.05, 4.69) is 4.98 Å². The molecule has 1 saturated heterocycles. The van der Waals surface area contributed by atoms with E-state index in [1.165, 1.54) is 0 Å². The number of para-hydroxylation sites is 1. The molecule has 13 heteroatoms. The fraction of sp³-hybridized carbons (Fsp3) is 0.435. The minimum absolute atomic E-state index is 0.0145. The number of halogens is 3. The number of sulfonamides is 1. The van der Waals surface area contributed by atoms with Gasteiger partial charge in [-0.05, 0) is 37.1 Å². The number of carboxylic acid groups (broad SMARTS) is 1. The number of amides is 1. The molecule has 36 heavy (non-hydrogen) atoms. The Morgan fingerprint density at radius 1 is 1.11 bits per heavy atom. The van der Waals surface area contributed by atoms with Crippen molar-refractivity contribution >= 4 is 21.9 Å². The van der Waals surface area contributed by atoms with E-state index in [1.807, 2.05) is 11.8 Å². The van der Waals surface area contributed by atoms with Crippen LogP contribution in [0.1, 0.15) is 30.1 Å². The van der Waals surface area contributed by atoms with Crippen LogP contribution in [0, 0.1) is 5.41 Å². The average Bonchev–Trinajstić information content (AvgIpc) is 2.86. The first-order valence-corrected chi connectivity index (χ1v) is 12.5. The van der Waals surface area contributed by atoms with E-state index in [0.29, 0.717) is 56.9 Å². The summed E-state index contributed by atoms with van der Waals surface area (Å²) in [5.74, 6) is -2.37. The lowest BCUT2D eigenvalue weighted by Crippen LogP contribution is -2.52. The normalized spacial score (nSPS) is 19.1. The van der Waals surface area contributed by atoms with E-state index < -0.39 is 22.2 Å². The summed E-state index contributed by atoms with van der Waals surface area (Å²) < 4.78 is 65.6. The van der Waals surface area contributed by atoms with Crippen molar-refractivity contribution in [3.8, 4) is 5.75 Å². The number of carbonyl (C=O) groups excluding carboxylic acids is 1. The van der Waals surface area contributed by atoms with Gasteiger partial charge in [-0.3, -0.25) is 9.78 Å². The van der Waals surface area contributed by atoms with Crippen LogP contribution in [-0.2, 0) is 14.8 Å². The molecule has 0 radical (unpaired) electrons. The molecule has 196 valence electrons. The van der Waals surface area contributed by atoms with Crippen LogP contribution in [-0.4, -0.2) is 78.6 Å². The number of carbonyl (C=O) groups is 2. The van der Waals surface area contributed by atoms with Crippen LogP contribution in [0.4, 0.5) is 13.2 Å². The molecular formula is C23H26F3N3O6S. The fourth-order valence-electron chi connectivity index (χ4n) is 4.10. The zero-order valence-corrected chi connectivity index (χ0v) is 20.3. The fourth-order valence-corrected chi connectivity index (χ4v) is 5.80. The number of hydrogen-bond donors (Lipinski definition) is 1. The second kappa shape index (κ2) is 10.8. The zero-order chi connectivity index (χ0) is 26.6. The highest BCUT2D eigenvalue weighted by atomic mass is 32.2. The smallest absolute Gasteiger partial charge is 0.490 e. The Morgan fingerprint density at radius 3 is 2.25 bits per heavy atom. The molecule has 2 aliphatic heterocycles. The van der Waals surface area contributed by atoms with Crippen LogP contribution in [0.25, 0.3) is 0 Å². The first-order chi connectivity index (χ1) is 16.9. The molecule has 0 atom stereocenters. The quantitative estimate of drug-likeness (QED) is 0.636. The maximum Gasteiger partial charge on any atom is 0.490 e. The van der Waals surface area contributed by atoms with Crippen LogP contribution in [0.15, 0.2) is 53.7 Å². The van der Waals surface area contributed by atoms with Gasteiger partial charge in [0, 0.05) is 49.6 Å². The Bertz CT molecular complexity index is 1180. The Hall–Kier alpha value is -3.19. The largest absolute Gasteiger partial charge is 0.492 e. The average molecular weight is 530 g/mol. The number of hydrogen-bond acceptors (Lipinski definition) is 6. The summed E-state index contributed by atoms with van der Waals surface area (Å²) in [4.78, 5) is 27.7. The molecule has 1 amide bonds. The number of carboxylic acids is 1. The third kappa shape index (κ3) is 6.13. The van der Waals surface area contributed by atoms with E-state index in [9.17, 15) is 26.4 Å². The van der Waals surface area contributed by atoms with Gasteiger partial charge in [0.15, 0.2) is 0 Å². The Labute approximate surface area is 206 Å². The molecule has 9 nitrogen and oxygen atoms in total. The molecule has 1 aromatic heterocycles. The number of fused-ring (bicyclic) bond motifs is 1. The van der Waals surface area contributed by atoms with Gasteiger partial charge >= 0.3 is 12.1 Å². The number of nitrogens with zero attached hydrogens (tertiary/aromatic N) is 3. The van der Waals surface area contributed by atoms with Gasteiger partial charge in [0.2, 0.25) is 10.0 Å². The molecule has 4 rings (SSSR count). The Kier molecular flexibility index (Phi) is 8.24. The van der Waals surface area contributed by atoms with Gasteiger partial charge in [-0.1, -0.05) is 19.1 Å². The van der Waals surface area contributed by atoms with Gasteiger partial charge in [-0.15, -0.1) is 0 Å². The van der Waals surface area contributed by atoms with Crippen LogP contribution in [0.2, 0.25) is 0 Å². The number of pyridine rings is 1. The number of ether oxygens (including phenoxy) is 1. The molecule has 2 aromatic rings. The summed E-state index contributed by atoms with van der Waals surface area (Å²) in [6.45, 7) is 4.24. The summed E-state index contributed by atoms with van der Waals surface area (Å²) in [5.41, 5.74) is 0.308. The van der Waals surface area contributed by atoms with Crippen LogP contribution >= 0.6 is 0 Å². The summed E-state index contributed by atoms with van der Waals surface area (Å²) >= 11 is 0. The third-order valence-corrected chi connectivity index (χ3v) is 8.11. The van der Waals surface area contributed by atoms with Gasteiger partial charge in [-0.25, -0.2) is 13.2 Å². The van der Waals surface area contributed by atoms with Gasteiger partial charge in [0.05, 0.1) is 6.61 Å². The highest BCUT2D eigenvalue weighted by molar-refractivity contribution is 7.89. The predicted octanol–water partition coefficient (Wildman–Crippen LogP) is 3.04. The highest BCUT2D eigenvalue weighted by Crippen LogP contribution is 2.39. The number of benzene rings is 1. The van der Waals surface area contributed by atoms with Gasteiger partial charge < -0.3 is 14.7 Å². The zero-order valence-electron chi connectivity index (χ0n) is 19.4.